The molecule has 1 atom stereocenters. The van der Waals surface area contributed by atoms with E-state index in [0.29, 0.717) is 18.8 Å². The summed E-state index contributed by atoms with van der Waals surface area (Å²) in [5.41, 5.74) is 0. The topological polar surface area (TPSA) is 56.2 Å². The van der Waals surface area contributed by atoms with E-state index in [1.165, 1.54) is 0 Å². The van der Waals surface area contributed by atoms with Crippen LogP contribution in [0.25, 0.3) is 0 Å². The van der Waals surface area contributed by atoms with Crippen LogP contribution < -0.4 is 10.1 Å². The normalized spacial score (nSPS) is 11.9. The van der Waals surface area contributed by atoms with Crippen molar-refractivity contribution < 1.29 is 9.53 Å². The van der Waals surface area contributed by atoms with Gasteiger partial charge in [-0.15, -0.1) is 0 Å². The first-order valence-corrected chi connectivity index (χ1v) is 6.64. The Kier molecular flexibility index (Phi) is 4.76. The third-order valence-corrected chi connectivity index (χ3v) is 3.00. The molecule has 0 aliphatic heterocycles. The third-order valence-electron chi connectivity index (χ3n) is 3.00. The molecular formula is C15H19N3O2. The molecule has 20 heavy (non-hydrogen) atoms. The van der Waals surface area contributed by atoms with Gasteiger partial charge in [-0.2, -0.15) is 0 Å². The summed E-state index contributed by atoms with van der Waals surface area (Å²) in [4.78, 5) is 16.0. The molecule has 0 radical (unpaired) electrons. The van der Waals surface area contributed by atoms with Crippen LogP contribution in [0.4, 0.5) is 0 Å². The molecule has 0 aliphatic rings. The molecule has 2 rings (SSSR count). The average molecular weight is 273 g/mol. The minimum absolute atomic E-state index is 0.119. The summed E-state index contributed by atoms with van der Waals surface area (Å²) in [6.45, 7) is 4.93. The smallest absolute Gasteiger partial charge is 0.260 e. The number of hydrogen-bond acceptors (Lipinski definition) is 3. The van der Waals surface area contributed by atoms with Crippen molar-refractivity contribution in [3.8, 4) is 5.75 Å². The lowest BCUT2D eigenvalue weighted by Crippen LogP contribution is -2.37. The molecule has 5 heteroatoms. The first-order valence-electron chi connectivity index (χ1n) is 6.64. The molecule has 2 aromatic rings. The van der Waals surface area contributed by atoms with Gasteiger partial charge in [0.15, 0.2) is 6.10 Å². The fourth-order valence-corrected chi connectivity index (χ4v) is 1.84. The lowest BCUT2D eigenvalue weighted by atomic mass is 10.3. The highest BCUT2D eigenvalue weighted by Crippen LogP contribution is 2.10. The number of aromatic nitrogens is 2. The molecule has 106 valence electrons. The minimum Gasteiger partial charge on any atom is -0.481 e. The van der Waals surface area contributed by atoms with Gasteiger partial charge in [-0.25, -0.2) is 4.98 Å². The van der Waals surface area contributed by atoms with Gasteiger partial charge in [0.1, 0.15) is 11.6 Å². The number of hydrogen-bond donors (Lipinski definition) is 1. The Hall–Kier alpha value is -2.30. The van der Waals surface area contributed by atoms with Gasteiger partial charge in [0.2, 0.25) is 0 Å². The molecule has 0 saturated heterocycles. The number of imidazole rings is 1. The van der Waals surface area contributed by atoms with Crippen LogP contribution in [0.1, 0.15) is 12.7 Å². The van der Waals surface area contributed by atoms with Gasteiger partial charge in [-0.05, 0) is 26.0 Å². The van der Waals surface area contributed by atoms with E-state index >= 15 is 0 Å². The Morgan fingerprint density at radius 3 is 2.80 bits per heavy atom. The van der Waals surface area contributed by atoms with Crippen molar-refractivity contribution in [3.05, 3.63) is 48.5 Å². The van der Waals surface area contributed by atoms with E-state index in [2.05, 4.69) is 10.3 Å². The molecule has 1 amide bonds. The molecule has 0 bridgehead atoms. The number of nitrogens with one attached hydrogen (secondary N) is 1. The fourth-order valence-electron chi connectivity index (χ4n) is 1.84. The summed E-state index contributed by atoms with van der Waals surface area (Å²) in [6.07, 6.45) is 3.13. The highest BCUT2D eigenvalue weighted by molar-refractivity contribution is 5.80. The molecule has 1 N–H and O–H groups in total. The summed E-state index contributed by atoms with van der Waals surface area (Å²) < 4.78 is 7.55. The van der Waals surface area contributed by atoms with E-state index in [1.54, 1.807) is 13.1 Å². The second-order valence-corrected chi connectivity index (χ2v) is 4.53. The lowest BCUT2D eigenvalue weighted by Gasteiger charge is -2.15. The number of carbonyl (C=O) groups is 1. The van der Waals surface area contributed by atoms with E-state index in [9.17, 15) is 4.79 Å². The van der Waals surface area contributed by atoms with E-state index in [0.717, 1.165) is 5.82 Å². The fraction of sp³-hybridized carbons (Fsp3) is 0.333. The summed E-state index contributed by atoms with van der Waals surface area (Å²) in [6, 6.07) is 9.33. The quantitative estimate of drug-likeness (QED) is 0.872. The van der Waals surface area contributed by atoms with Crippen LogP contribution in [0.2, 0.25) is 0 Å². The molecule has 0 unspecified atom stereocenters. The SMILES string of the molecule is Cc1nccn1CCNC(=O)[C@@H](C)Oc1ccccc1. The molecule has 0 saturated carbocycles. The highest BCUT2D eigenvalue weighted by atomic mass is 16.5. The highest BCUT2D eigenvalue weighted by Gasteiger charge is 2.13. The van der Waals surface area contributed by atoms with E-state index in [-0.39, 0.29) is 5.91 Å². The van der Waals surface area contributed by atoms with Crippen LogP contribution >= 0.6 is 0 Å². The molecular weight excluding hydrogens is 254 g/mol. The summed E-state index contributed by atoms with van der Waals surface area (Å²) in [7, 11) is 0. The molecule has 0 fully saturated rings. The largest absolute Gasteiger partial charge is 0.481 e. The standard InChI is InChI=1S/C15H19N3O2/c1-12(20-14-6-4-3-5-7-14)15(19)17-9-11-18-10-8-16-13(18)2/h3-8,10,12H,9,11H2,1-2H3,(H,17,19)/t12-/m1/s1. The first kappa shape index (κ1) is 14.1. The van der Waals surface area contributed by atoms with Crippen molar-refractivity contribution in [3.63, 3.8) is 0 Å². The molecule has 1 heterocycles. The van der Waals surface area contributed by atoms with Crippen molar-refractivity contribution in [2.24, 2.45) is 0 Å². The van der Waals surface area contributed by atoms with Crippen LogP contribution in [0.3, 0.4) is 0 Å². The number of carbonyl (C=O) groups excluding carboxylic acids is 1. The van der Waals surface area contributed by atoms with Crippen LogP contribution in [0.5, 0.6) is 5.75 Å². The van der Waals surface area contributed by atoms with Gasteiger partial charge in [0.05, 0.1) is 0 Å². The zero-order valence-corrected chi connectivity index (χ0v) is 11.7. The van der Waals surface area contributed by atoms with Crippen molar-refractivity contribution in [2.75, 3.05) is 6.54 Å². The van der Waals surface area contributed by atoms with Gasteiger partial charge in [0.25, 0.3) is 5.91 Å². The maximum atomic E-state index is 11.9. The van der Waals surface area contributed by atoms with Gasteiger partial charge >= 0.3 is 0 Å². The second-order valence-electron chi connectivity index (χ2n) is 4.53. The van der Waals surface area contributed by atoms with Crippen LogP contribution in [0.15, 0.2) is 42.7 Å². The number of rotatable bonds is 6. The van der Waals surface area contributed by atoms with Gasteiger partial charge in [-0.1, -0.05) is 18.2 Å². The van der Waals surface area contributed by atoms with E-state index in [1.807, 2.05) is 48.0 Å². The monoisotopic (exact) mass is 273 g/mol. The lowest BCUT2D eigenvalue weighted by molar-refractivity contribution is -0.127. The molecule has 5 nitrogen and oxygen atoms in total. The number of amides is 1. The number of aryl methyl sites for hydroxylation is 1. The van der Waals surface area contributed by atoms with Crippen molar-refractivity contribution in [2.45, 2.75) is 26.5 Å². The predicted octanol–water partition coefficient (Wildman–Crippen LogP) is 1.78. The zero-order chi connectivity index (χ0) is 14.4. The number of nitrogens with zero attached hydrogens (tertiary/aromatic N) is 2. The van der Waals surface area contributed by atoms with Gasteiger partial charge in [0, 0.05) is 25.5 Å². The van der Waals surface area contributed by atoms with Gasteiger partial charge in [-0.3, -0.25) is 4.79 Å². The molecule has 1 aromatic carbocycles. The first-order chi connectivity index (χ1) is 9.66. The summed E-state index contributed by atoms with van der Waals surface area (Å²) >= 11 is 0. The van der Waals surface area contributed by atoms with Crippen LogP contribution in [0, 0.1) is 6.92 Å². The summed E-state index contributed by atoms with van der Waals surface area (Å²) in [5.74, 6) is 1.51. The third kappa shape index (κ3) is 3.85. The van der Waals surface area contributed by atoms with Crippen LogP contribution in [-0.2, 0) is 11.3 Å². The predicted molar refractivity (Wildman–Crippen MR) is 76.5 cm³/mol. The Balaban J connectivity index is 1.76. The Labute approximate surface area is 118 Å². The molecule has 0 aliphatic carbocycles. The van der Waals surface area contributed by atoms with E-state index in [4.69, 9.17) is 4.74 Å². The average Bonchev–Trinajstić information content (AvgIpc) is 2.85. The zero-order valence-electron chi connectivity index (χ0n) is 11.7. The summed E-state index contributed by atoms with van der Waals surface area (Å²) in [5, 5.41) is 2.86. The Morgan fingerprint density at radius 2 is 2.15 bits per heavy atom. The van der Waals surface area contributed by atoms with E-state index < -0.39 is 6.10 Å². The maximum Gasteiger partial charge on any atom is 0.260 e. The molecule has 0 spiro atoms. The number of benzene rings is 1. The minimum atomic E-state index is -0.513. The second kappa shape index (κ2) is 6.75. The van der Waals surface area contributed by atoms with Crippen molar-refractivity contribution >= 4 is 5.91 Å². The van der Waals surface area contributed by atoms with Gasteiger partial charge < -0.3 is 14.6 Å². The Morgan fingerprint density at radius 1 is 1.40 bits per heavy atom. The number of para-hydroxylation sites is 1. The van der Waals surface area contributed by atoms with Crippen molar-refractivity contribution in [1.29, 1.82) is 0 Å². The number of ether oxygens (including phenoxy) is 1. The van der Waals surface area contributed by atoms with Crippen molar-refractivity contribution in [1.82, 2.24) is 14.9 Å². The van der Waals surface area contributed by atoms with Crippen LogP contribution in [-0.4, -0.2) is 28.1 Å². The Bertz CT molecular complexity index is 551. The maximum absolute atomic E-state index is 11.9. The molecule has 1 aromatic heterocycles.